The van der Waals surface area contributed by atoms with E-state index in [1.807, 2.05) is 26.8 Å². The largest absolute Gasteiger partial charge is 0.444 e. The Morgan fingerprint density at radius 1 is 1.27 bits per heavy atom. The van der Waals surface area contributed by atoms with Gasteiger partial charge >= 0.3 is 6.09 Å². The lowest BCUT2D eigenvalue weighted by molar-refractivity contribution is 0.0534. The zero-order valence-electron chi connectivity index (χ0n) is 14.8. The average Bonchev–Trinajstić information content (AvgIpc) is 2.41. The second-order valence-electron chi connectivity index (χ2n) is 7.19. The summed E-state index contributed by atoms with van der Waals surface area (Å²) in [6, 6.07) is 0.539. The number of nitrogens with one attached hydrogen (secondary N) is 2. The molecule has 1 rings (SSSR count). The number of alkyl carbamates (subject to hydrolysis) is 1. The van der Waals surface area contributed by atoms with Gasteiger partial charge in [-0.25, -0.2) is 4.79 Å². The number of hydrogen-bond acceptors (Lipinski definition) is 4. The Labute approximate surface area is 135 Å². The van der Waals surface area contributed by atoms with Gasteiger partial charge in [0.25, 0.3) is 0 Å². The predicted molar refractivity (Wildman–Crippen MR) is 91.1 cm³/mol. The number of piperidine rings is 1. The molecule has 128 valence electrons. The Morgan fingerprint density at radius 3 is 2.45 bits per heavy atom. The van der Waals surface area contributed by atoms with Crippen LogP contribution in [0, 0.1) is 5.92 Å². The Balaban J connectivity index is 2.09. The molecule has 1 amide bonds. The lowest BCUT2D eigenvalue weighted by Crippen LogP contribution is -2.40. The van der Waals surface area contributed by atoms with Crippen LogP contribution in [-0.2, 0) is 4.74 Å². The van der Waals surface area contributed by atoms with Crippen LogP contribution in [0.5, 0.6) is 0 Å². The van der Waals surface area contributed by atoms with E-state index >= 15 is 0 Å². The molecular weight excluding hydrogens is 278 g/mol. The van der Waals surface area contributed by atoms with Crippen LogP contribution in [0.15, 0.2) is 12.2 Å². The second-order valence-corrected chi connectivity index (χ2v) is 7.19. The Morgan fingerprint density at radius 2 is 1.86 bits per heavy atom. The van der Waals surface area contributed by atoms with Crippen molar-refractivity contribution in [3.63, 3.8) is 0 Å². The molecule has 1 aliphatic rings. The van der Waals surface area contributed by atoms with Crippen LogP contribution >= 0.6 is 0 Å². The minimum atomic E-state index is -0.446. The van der Waals surface area contributed by atoms with Gasteiger partial charge in [-0.15, -0.1) is 0 Å². The molecule has 0 saturated carbocycles. The number of likely N-dealkylation sites (tertiary alicyclic amines) is 1. The van der Waals surface area contributed by atoms with Gasteiger partial charge in [-0.05, 0) is 66.6 Å². The lowest BCUT2D eigenvalue weighted by atomic mass is 9.90. The molecule has 1 fully saturated rings. The highest BCUT2D eigenvalue weighted by Crippen LogP contribution is 2.19. The highest BCUT2D eigenvalue weighted by atomic mass is 16.6. The number of hydrogen-bond donors (Lipinski definition) is 2. The molecule has 2 N–H and O–H groups in total. The standard InChI is InChI=1S/C17H33N3O2/c1-14(15-8-12-20(5)13-9-15)18-10-6-7-11-19-16(21)22-17(2,3)4/h6-7,14-15,18H,8-13H2,1-5H3,(H,19,21)/b7-6+. The van der Waals surface area contributed by atoms with Crippen LogP contribution in [0.1, 0.15) is 40.5 Å². The number of carbonyl (C=O) groups is 1. The molecule has 5 nitrogen and oxygen atoms in total. The molecule has 0 aliphatic carbocycles. The summed E-state index contributed by atoms with van der Waals surface area (Å²) >= 11 is 0. The number of rotatable bonds is 6. The smallest absolute Gasteiger partial charge is 0.407 e. The molecule has 1 heterocycles. The van der Waals surface area contributed by atoms with Crippen molar-refractivity contribution < 1.29 is 9.53 Å². The molecule has 1 unspecified atom stereocenters. The molecule has 1 saturated heterocycles. The van der Waals surface area contributed by atoms with Crippen LogP contribution in [0.4, 0.5) is 4.79 Å². The molecule has 5 heteroatoms. The molecular formula is C17H33N3O2. The maximum atomic E-state index is 11.4. The number of ether oxygens (including phenoxy) is 1. The van der Waals surface area contributed by atoms with Crippen molar-refractivity contribution >= 4 is 6.09 Å². The van der Waals surface area contributed by atoms with E-state index in [2.05, 4.69) is 35.6 Å². The van der Waals surface area contributed by atoms with Gasteiger partial charge in [-0.3, -0.25) is 0 Å². The van der Waals surface area contributed by atoms with Crippen molar-refractivity contribution in [2.45, 2.75) is 52.2 Å². The second kappa shape index (κ2) is 9.16. The van der Waals surface area contributed by atoms with Gasteiger partial charge in [-0.1, -0.05) is 12.2 Å². The van der Waals surface area contributed by atoms with E-state index in [-0.39, 0.29) is 6.09 Å². The summed E-state index contributed by atoms with van der Waals surface area (Å²) in [7, 11) is 2.19. The van der Waals surface area contributed by atoms with Gasteiger partial charge in [0.1, 0.15) is 5.60 Å². The molecule has 22 heavy (non-hydrogen) atoms. The van der Waals surface area contributed by atoms with Crippen molar-refractivity contribution in [1.29, 1.82) is 0 Å². The summed E-state index contributed by atoms with van der Waals surface area (Å²) < 4.78 is 5.17. The lowest BCUT2D eigenvalue weighted by Gasteiger charge is -2.33. The van der Waals surface area contributed by atoms with E-state index in [9.17, 15) is 4.79 Å². The monoisotopic (exact) mass is 311 g/mol. The first-order valence-electron chi connectivity index (χ1n) is 8.31. The fourth-order valence-corrected chi connectivity index (χ4v) is 2.57. The van der Waals surface area contributed by atoms with E-state index in [0.717, 1.165) is 12.5 Å². The Hall–Kier alpha value is -1.07. The molecule has 0 aromatic rings. The topological polar surface area (TPSA) is 53.6 Å². The zero-order chi connectivity index (χ0) is 16.6. The van der Waals surface area contributed by atoms with Crippen LogP contribution < -0.4 is 10.6 Å². The van der Waals surface area contributed by atoms with E-state index < -0.39 is 5.60 Å². The normalized spacial score (nSPS) is 19.3. The molecule has 0 radical (unpaired) electrons. The van der Waals surface area contributed by atoms with E-state index in [1.165, 1.54) is 25.9 Å². The van der Waals surface area contributed by atoms with E-state index in [0.29, 0.717) is 12.6 Å². The molecule has 0 aromatic carbocycles. The third-order valence-corrected chi connectivity index (χ3v) is 3.96. The van der Waals surface area contributed by atoms with Gasteiger partial charge in [-0.2, -0.15) is 0 Å². The van der Waals surface area contributed by atoms with E-state index in [1.54, 1.807) is 0 Å². The zero-order valence-corrected chi connectivity index (χ0v) is 14.8. The number of amides is 1. The summed E-state index contributed by atoms with van der Waals surface area (Å²) in [5, 5.41) is 6.26. The summed E-state index contributed by atoms with van der Waals surface area (Å²) in [4.78, 5) is 13.8. The van der Waals surface area contributed by atoms with Gasteiger partial charge in [0.05, 0.1) is 0 Å². The maximum Gasteiger partial charge on any atom is 0.407 e. The minimum absolute atomic E-state index is 0.371. The predicted octanol–water partition coefficient (Wildman–Crippen LogP) is 2.39. The van der Waals surface area contributed by atoms with Crippen molar-refractivity contribution in [2.24, 2.45) is 5.92 Å². The summed E-state index contributed by atoms with van der Waals surface area (Å²) in [5.41, 5.74) is -0.446. The van der Waals surface area contributed by atoms with Crippen LogP contribution in [0.3, 0.4) is 0 Å². The van der Waals surface area contributed by atoms with Gasteiger partial charge in [0.2, 0.25) is 0 Å². The third kappa shape index (κ3) is 8.39. The van der Waals surface area contributed by atoms with E-state index in [4.69, 9.17) is 4.74 Å². The van der Waals surface area contributed by atoms with Crippen LogP contribution in [0.2, 0.25) is 0 Å². The summed E-state index contributed by atoms with van der Waals surface area (Å²) in [5.74, 6) is 0.768. The average molecular weight is 311 g/mol. The SMILES string of the molecule is CC(NC/C=C/CNC(=O)OC(C)(C)C)C1CCN(C)CC1. The fraction of sp³-hybridized carbons (Fsp3) is 0.824. The van der Waals surface area contributed by atoms with Gasteiger partial charge in [0.15, 0.2) is 0 Å². The molecule has 1 aliphatic heterocycles. The third-order valence-electron chi connectivity index (χ3n) is 3.96. The first-order chi connectivity index (χ1) is 10.3. The molecule has 0 spiro atoms. The first kappa shape index (κ1) is 19.0. The van der Waals surface area contributed by atoms with Gasteiger partial charge in [0, 0.05) is 19.1 Å². The van der Waals surface area contributed by atoms with Crippen LogP contribution in [0.25, 0.3) is 0 Å². The molecule has 1 atom stereocenters. The molecule has 0 aromatic heterocycles. The van der Waals surface area contributed by atoms with Crippen molar-refractivity contribution in [3.8, 4) is 0 Å². The van der Waals surface area contributed by atoms with Crippen molar-refractivity contribution in [1.82, 2.24) is 15.5 Å². The van der Waals surface area contributed by atoms with Crippen LogP contribution in [-0.4, -0.2) is 55.9 Å². The molecule has 0 bridgehead atoms. The summed E-state index contributed by atoms with van der Waals surface area (Å²) in [6.45, 7) is 11.6. The van der Waals surface area contributed by atoms with Crippen molar-refractivity contribution in [2.75, 3.05) is 33.2 Å². The fourth-order valence-electron chi connectivity index (χ4n) is 2.57. The first-order valence-corrected chi connectivity index (χ1v) is 8.31. The van der Waals surface area contributed by atoms with Crippen molar-refractivity contribution in [3.05, 3.63) is 12.2 Å². The summed E-state index contributed by atoms with van der Waals surface area (Å²) in [6.07, 6.45) is 6.19. The highest BCUT2D eigenvalue weighted by molar-refractivity contribution is 5.67. The number of carbonyl (C=O) groups excluding carboxylic acids is 1. The minimum Gasteiger partial charge on any atom is -0.444 e. The Bertz CT molecular complexity index is 355. The Kier molecular flexibility index (Phi) is 7.90. The number of nitrogens with zero attached hydrogens (tertiary/aromatic N) is 1. The maximum absolute atomic E-state index is 11.4. The van der Waals surface area contributed by atoms with Gasteiger partial charge < -0.3 is 20.3 Å². The highest BCUT2D eigenvalue weighted by Gasteiger charge is 2.21. The quantitative estimate of drug-likeness (QED) is 0.740.